The predicted molar refractivity (Wildman–Crippen MR) is 96.1 cm³/mol. The quantitative estimate of drug-likeness (QED) is 0.856. The van der Waals surface area contributed by atoms with E-state index in [0.29, 0.717) is 5.69 Å². The molecule has 1 aliphatic rings. The van der Waals surface area contributed by atoms with E-state index in [1.807, 2.05) is 51.2 Å². The fourth-order valence-electron chi connectivity index (χ4n) is 3.37. The molecule has 2 aromatic rings. The zero-order valence-electron chi connectivity index (χ0n) is 15.4. The van der Waals surface area contributed by atoms with Gasteiger partial charge < -0.3 is 9.80 Å². The van der Waals surface area contributed by atoms with Gasteiger partial charge in [-0.05, 0) is 52.9 Å². The number of aryl methyl sites for hydroxylation is 2. The van der Waals surface area contributed by atoms with Gasteiger partial charge >= 0.3 is 0 Å². The van der Waals surface area contributed by atoms with E-state index in [-0.39, 0.29) is 11.9 Å². The normalized spacial score (nSPS) is 17.3. The van der Waals surface area contributed by atoms with Crippen molar-refractivity contribution in [3.8, 4) is 0 Å². The van der Waals surface area contributed by atoms with Gasteiger partial charge in [-0.15, -0.1) is 0 Å². The van der Waals surface area contributed by atoms with Crippen molar-refractivity contribution < 1.29 is 4.79 Å². The number of pyridine rings is 1. The minimum absolute atomic E-state index is 0.00791. The lowest BCUT2D eigenvalue weighted by atomic mass is 10.1. The second-order valence-electron chi connectivity index (χ2n) is 6.89. The highest BCUT2D eigenvalue weighted by molar-refractivity contribution is 5.92. The van der Waals surface area contributed by atoms with Gasteiger partial charge in [0.1, 0.15) is 11.5 Å². The Hall–Kier alpha value is -2.34. The molecule has 2 aromatic heterocycles. The highest BCUT2D eigenvalue weighted by atomic mass is 16.2. The van der Waals surface area contributed by atoms with Crippen LogP contribution in [0.3, 0.4) is 0 Å². The third-order valence-electron chi connectivity index (χ3n) is 4.44. The van der Waals surface area contributed by atoms with Gasteiger partial charge in [-0.3, -0.25) is 4.79 Å². The molecule has 25 heavy (non-hydrogen) atoms. The molecule has 1 amide bonds. The molecule has 1 saturated heterocycles. The maximum absolute atomic E-state index is 13.0. The lowest BCUT2D eigenvalue weighted by Gasteiger charge is -2.26. The van der Waals surface area contributed by atoms with Gasteiger partial charge in [0.25, 0.3) is 5.91 Å². The van der Waals surface area contributed by atoms with Crippen molar-refractivity contribution in [3.05, 3.63) is 52.9 Å². The number of hydrogen-bond acceptors (Lipinski definition) is 5. The van der Waals surface area contributed by atoms with E-state index in [9.17, 15) is 4.79 Å². The van der Waals surface area contributed by atoms with Gasteiger partial charge in [0, 0.05) is 30.5 Å². The predicted octanol–water partition coefficient (Wildman–Crippen LogP) is 2.53. The zero-order valence-corrected chi connectivity index (χ0v) is 15.4. The summed E-state index contributed by atoms with van der Waals surface area (Å²) in [7, 11) is 4.05. The SMILES string of the molecule is Cc1cccc(C(=O)N2CCC[C@@H]2c2nc(C)ncc2CN(C)C)n1. The Morgan fingerprint density at radius 3 is 2.80 bits per heavy atom. The fourth-order valence-corrected chi connectivity index (χ4v) is 3.37. The van der Waals surface area contributed by atoms with Crippen LogP contribution in [0.2, 0.25) is 0 Å². The Morgan fingerprint density at radius 2 is 2.08 bits per heavy atom. The van der Waals surface area contributed by atoms with Gasteiger partial charge in [-0.1, -0.05) is 6.07 Å². The molecule has 0 spiro atoms. The number of nitrogens with zero attached hydrogens (tertiary/aromatic N) is 5. The van der Waals surface area contributed by atoms with Crippen LogP contribution in [0.5, 0.6) is 0 Å². The first kappa shape index (κ1) is 17.5. The highest BCUT2D eigenvalue weighted by Crippen LogP contribution is 2.34. The molecular formula is C19H25N5O. The molecule has 3 heterocycles. The monoisotopic (exact) mass is 339 g/mol. The Morgan fingerprint density at radius 1 is 1.28 bits per heavy atom. The molecule has 132 valence electrons. The summed E-state index contributed by atoms with van der Waals surface area (Å²) in [6, 6.07) is 5.57. The lowest BCUT2D eigenvalue weighted by Crippen LogP contribution is -2.32. The number of likely N-dealkylation sites (tertiary alicyclic amines) is 1. The van der Waals surface area contributed by atoms with Crippen molar-refractivity contribution in [2.45, 2.75) is 39.3 Å². The van der Waals surface area contributed by atoms with Gasteiger partial charge in [0.05, 0.1) is 11.7 Å². The Kier molecular flexibility index (Phi) is 5.08. The summed E-state index contributed by atoms with van der Waals surface area (Å²) < 4.78 is 0. The molecule has 6 nitrogen and oxygen atoms in total. The molecule has 0 N–H and O–H groups in total. The van der Waals surface area contributed by atoms with Crippen molar-refractivity contribution in [1.29, 1.82) is 0 Å². The van der Waals surface area contributed by atoms with E-state index in [0.717, 1.165) is 48.7 Å². The molecule has 0 unspecified atom stereocenters. The molecular weight excluding hydrogens is 314 g/mol. The maximum Gasteiger partial charge on any atom is 0.273 e. The van der Waals surface area contributed by atoms with Crippen LogP contribution in [-0.4, -0.2) is 51.3 Å². The third-order valence-corrected chi connectivity index (χ3v) is 4.44. The van der Waals surface area contributed by atoms with Crippen LogP contribution in [0.4, 0.5) is 0 Å². The van der Waals surface area contributed by atoms with Gasteiger partial charge in [-0.2, -0.15) is 0 Å². The molecule has 6 heteroatoms. The number of carbonyl (C=O) groups excluding carboxylic acids is 1. The molecule has 1 fully saturated rings. The molecule has 0 aliphatic carbocycles. The second-order valence-corrected chi connectivity index (χ2v) is 6.89. The minimum Gasteiger partial charge on any atom is -0.329 e. The second kappa shape index (κ2) is 7.27. The first-order valence-corrected chi connectivity index (χ1v) is 8.67. The topological polar surface area (TPSA) is 62.2 Å². The van der Waals surface area contributed by atoms with Gasteiger partial charge in [0.2, 0.25) is 0 Å². The van der Waals surface area contributed by atoms with E-state index in [1.54, 1.807) is 6.07 Å². The first-order valence-electron chi connectivity index (χ1n) is 8.67. The summed E-state index contributed by atoms with van der Waals surface area (Å²) in [5.41, 5.74) is 3.41. The number of hydrogen-bond donors (Lipinski definition) is 0. The van der Waals surface area contributed by atoms with Crippen molar-refractivity contribution >= 4 is 5.91 Å². The Bertz CT molecular complexity index is 774. The first-order chi connectivity index (χ1) is 12.0. The van der Waals surface area contributed by atoms with Crippen molar-refractivity contribution in [2.75, 3.05) is 20.6 Å². The van der Waals surface area contributed by atoms with Crippen molar-refractivity contribution in [2.24, 2.45) is 0 Å². The Balaban J connectivity index is 1.94. The standard InChI is InChI=1S/C19H25N5O/c1-13-7-5-8-16(21-13)19(25)24-10-6-9-17(24)18-15(12-23(3)4)11-20-14(2)22-18/h5,7-8,11,17H,6,9-10,12H2,1-4H3/t17-/m1/s1. The van der Waals surface area contributed by atoms with Crippen LogP contribution < -0.4 is 0 Å². The van der Waals surface area contributed by atoms with Crippen LogP contribution in [0.25, 0.3) is 0 Å². The van der Waals surface area contributed by atoms with Crippen LogP contribution >= 0.6 is 0 Å². The molecule has 0 radical (unpaired) electrons. The van der Waals surface area contributed by atoms with E-state index in [2.05, 4.69) is 14.9 Å². The third kappa shape index (κ3) is 3.85. The smallest absolute Gasteiger partial charge is 0.273 e. The van der Waals surface area contributed by atoms with Crippen LogP contribution in [0, 0.1) is 13.8 Å². The highest BCUT2D eigenvalue weighted by Gasteiger charge is 2.33. The van der Waals surface area contributed by atoms with E-state index >= 15 is 0 Å². The van der Waals surface area contributed by atoms with Crippen molar-refractivity contribution in [3.63, 3.8) is 0 Å². The zero-order chi connectivity index (χ0) is 18.0. The molecule has 0 aromatic carbocycles. The molecule has 1 atom stereocenters. The summed E-state index contributed by atoms with van der Waals surface area (Å²) in [4.78, 5) is 30.5. The van der Waals surface area contributed by atoms with E-state index in [4.69, 9.17) is 4.98 Å². The summed E-state index contributed by atoms with van der Waals surface area (Å²) in [6.07, 6.45) is 3.80. The average Bonchev–Trinajstić information content (AvgIpc) is 3.05. The minimum atomic E-state index is -0.0155. The molecule has 0 saturated carbocycles. The van der Waals surface area contributed by atoms with Crippen LogP contribution in [-0.2, 0) is 6.54 Å². The summed E-state index contributed by atoms with van der Waals surface area (Å²) in [5, 5.41) is 0. The molecule has 3 rings (SSSR count). The average molecular weight is 339 g/mol. The maximum atomic E-state index is 13.0. The van der Waals surface area contributed by atoms with Gasteiger partial charge in [-0.25, -0.2) is 15.0 Å². The fraction of sp³-hybridized carbons (Fsp3) is 0.474. The summed E-state index contributed by atoms with van der Waals surface area (Å²) >= 11 is 0. The summed E-state index contributed by atoms with van der Waals surface area (Å²) in [6.45, 7) is 5.30. The van der Waals surface area contributed by atoms with E-state index < -0.39 is 0 Å². The molecule has 1 aliphatic heterocycles. The number of rotatable bonds is 4. The lowest BCUT2D eigenvalue weighted by molar-refractivity contribution is 0.0725. The largest absolute Gasteiger partial charge is 0.329 e. The Labute approximate surface area is 148 Å². The number of carbonyl (C=O) groups is 1. The summed E-state index contributed by atoms with van der Waals surface area (Å²) in [5.74, 6) is 0.726. The van der Waals surface area contributed by atoms with Crippen molar-refractivity contribution in [1.82, 2.24) is 24.8 Å². The van der Waals surface area contributed by atoms with Crippen LogP contribution in [0.15, 0.2) is 24.4 Å². The van der Waals surface area contributed by atoms with E-state index in [1.165, 1.54) is 0 Å². The number of aromatic nitrogens is 3. The molecule has 0 bridgehead atoms. The number of amides is 1. The van der Waals surface area contributed by atoms with Gasteiger partial charge in [0.15, 0.2) is 0 Å². The van der Waals surface area contributed by atoms with Crippen LogP contribution in [0.1, 0.15) is 52.1 Å².